The average molecular weight is 591 g/mol. The number of hydrogen-bond acceptors (Lipinski definition) is 6. The highest BCUT2D eigenvalue weighted by Gasteiger charge is 2.48. The number of carbonyl (C=O) groups is 2. The number of benzene rings is 3. The fourth-order valence-electron chi connectivity index (χ4n) is 5.78. The molecular formula is C34H34N6O4. The highest BCUT2D eigenvalue weighted by Crippen LogP contribution is 2.43. The van der Waals surface area contributed by atoms with Gasteiger partial charge in [-0.15, -0.1) is 5.10 Å². The van der Waals surface area contributed by atoms with E-state index in [1.54, 1.807) is 29.8 Å². The summed E-state index contributed by atoms with van der Waals surface area (Å²) >= 11 is 0. The molecule has 0 fully saturated rings. The fourth-order valence-corrected chi connectivity index (χ4v) is 5.78. The maximum absolute atomic E-state index is 13.0. The van der Waals surface area contributed by atoms with Crippen LogP contribution in [0.4, 0.5) is 11.4 Å². The first-order chi connectivity index (χ1) is 21.4. The molecule has 1 unspecified atom stereocenters. The second-order valence-electron chi connectivity index (χ2n) is 11.1. The Bertz CT molecular complexity index is 1830. The summed E-state index contributed by atoms with van der Waals surface area (Å²) in [7, 11) is 0. The summed E-state index contributed by atoms with van der Waals surface area (Å²) in [6.45, 7) is 2.25. The van der Waals surface area contributed by atoms with Gasteiger partial charge in [-0.25, -0.2) is 0 Å². The molecule has 6 rings (SSSR count). The topological polar surface area (TPSA) is 145 Å². The molecule has 1 aliphatic heterocycles. The number of allylic oxidation sites excluding steroid dienone is 1. The van der Waals surface area contributed by atoms with Gasteiger partial charge in [0, 0.05) is 52.7 Å². The highest BCUT2D eigenvalue weighted by atomic mass is 16.3. The maximum Gasteiger partial charge on any atom is 0.261 e. The predicted octanol–water partition coefficient (Wildman–Crippen LogP) is 4.49. The van der Waals surface area contributed by atoms with E-state index >= 15 is 0 Å². The molecule has 3 atom stereocenters. The van der Waals surface area contributed by atoms with Crippen molar-refractivity contribution in [1.29, 1.82) is 0 Å². The SMILES string of the molecule is C[C@H](/C=C/CCn1cc(C(CO)c2ccccc2)nn1)[C@@]1(O)C(=O)Nc2ccc(NC(=O)Cc3c[nH]c4ccccc34)cc21. The second-order valence-corrected chi connectivity index (χ2v) is 11.1. The van der Waals surface area contributed by atoms with Crippen LogP contribution in [0.25, 0.3) is 10.9 Å². The van der Waals surface area contributed by atoms with Crippen LogP contribution in [0, 0.1) is 5.92 Å². The number of nitrogens with zero attached hydrogens (tertiary/aromatic N) is 3. The van der Waals surface area contributed by atoms with Crippen molar-refractivity contribution in [1.82, 2.24) is 20.0 Å². The van der Waals surface area contributed by atoms with Crippen LogP contribution in [0.2, 0.25) is 0 Å². The third kappa shape index (κ3) is 5.64. The number of nitrogens with one attached hydrogen (secondary N) is 3. The molecule has 3 heterocycles. The quantitative estimate of drug-likeness (QED) is 0.143. The Kier molecular flexibility index (Phi) is 8.10. The summed E-state index contributed by atoms with van der Waals surface area (Å²) in [5.41, 5.74) is 3.14. The van der Waals surface area contributed by atoms with Gasteiger partial charge in [-0.1, -0.05) is 72.8 Å². The first-order valence-electron chi connectivity index (χ1n) is 14.6. The molecule has 2 aromatic heterocycles. The van der Waals surface area contributed by atoms with E-state index in [0.29, 0.717) is 35.6 Å². The highest BCUT2D eigenvalue weighted by molar-refractivity contribution is 6.06. The van der Waals surface area contributed by atoms with Gasteiger partial charge in [-0.2, -0.15) is 0 Å². The van der Waals surface area contributed by atoms with Crippen LogP contribution in [0.5, 0.6) is 0 Å². The predicted molar refractivity (Wildman–Crippen MR) is 168 cm³/mol. The number of carbonyl (C=O) groups excluding carboxylic acids is 2. The molecule has 3 aromatic carbocycles. The van der Waals surface area contributed by atoms with Crippen molar-refractivity contribution >= 4 is 34.1 Å². The van der Waals surface area contributed by atoms with E-state index in [4.69, 9.17) is 0 Å². The summed E-state index contributed by atoms with van der Waals surface area (Å²) in [5.74, 6) is -1.51. The van der Waals surface area contributed by atoms with Crippen LogP contribution in [-0.4, -0.2) is 48.6 Å². The minimum Gasteiger partial charge on any atom is -0.395 e. The molecule has 5 N–H and O–H groups in total. The van der Waals surface area contributed by atoms with Crippen molar-refractivity contribution < 1.29 is 19.8 Å². The van der Waals surface area contributed by atoms with Gasteiger partial charge in [-0.3, -0.25) is 14.3 Å². The Labute approximate surface area is 254 Å². The minimum absolute atomic E-state index is 0.0717. The standard InChI is InChI=1S/C34H34N6O4/c1-22(9-7-8-16-40-20-31(38-39-40)27(21-41)23-10-3-2-4-11-23)34(44)28-18-25(14-15-30(28)37-33(34)43)36-32(42)17-24-19-35-29-13-6-5-12-26(24)29/h2-7,9-15,18-20,22,27,35,41,44H,8,16-17,21H2,1H3,(H,36,42)(H,37,43)/b9-7+/t22-,27?,34+/m1/s1. The molecule has 0 spiro atoms. The second kappa shape index (κ2) is 12.3. The van der Waals surface area contributed by atoms with E-state index in [-0.39, 0.29) is 24.9 Å². The van der Waals surface area contributed by atoms with Crippen molar-refractivity contribution in [2.75, 3.05) is 17.2 Å². The van der Waals surface area contributed by atoms with E-state index in [9.17, 15) is 19.8 Å². The monoisotopic (exact) mass is 590 g/mol. The van der Waals surface area contributed by atoms with Crippen LogP contribution in [0.3, 0.4) is 0 Å². The summed E-state index contributed by atoms with van der Waals surface area (Å²) in [5, 5.41) is 36.7. The number of para-hydroxylation sites is 1. The normalized spacial score (nSPS) is 17.5. The maximum atomic E-state index is 13.0. The zero-order valence-electron chi connectivity index (χ0n) is 24.3. The zero-order valence-corrected chi connectivity index (χ0v) is 24.3. The lowest BCUT2D eigenvalue weighted by Crippen LogP contribution is -2.39. The first kappa shape index (κ1) is 29.0. The first-order valence-corrected chi connectivity index (χ1v) is 14.6. The van der Waals surface area contributed by atoms with Gasteiger partial charge in [-0.05, 0) is 41.8 Å². The lowest BCUT2D eigenvalue weighted by atomic mass is 9.82. The summed E-state index contributed by atoms with van der Waals surface area (Å²) < 4.78 is 1.72. The van der Waals surface area contributed by atoms with E-state index < -0.39 is 17.4 Å². The minimum atomic E-state index is -1.80. The van der Waals surface area contributed by atoms with E-state index in [0.717, 1.165) is 22.0 Å². The number of aliphatic hydroxyl groups is 2. The third-order valence-corrected chi connectivity index (χ3v) is 8.24. The van der Waals surface area contributed by atoms with Crippen LogP contribution in [0.15, 0.2) is 97.3 Å². The summed E-state index contributed by atoms with van der Waals surface area (Å²) in [6, 6.07) is 22.6. The van der Waals surface area contributed by atoms with Gasteiger partial charge in [0.15, 0.2) is 5.60 Å². The van der Waals surface area contributed by atoms with Gasteiger partial charge in [0.1, 0.15) is 0 Å². The van der Waals surface area contributed by atoms with E-state index in [2.05, 4.69) is 25.9 Å². The van der Waals surface area contributed by atoms with Gasteiger partial charge in [0.2, 0.25) is 5.91 Å². The molecule has 0 radical (unpaired) electrons. The number of rotatable bonds is 11. The van der Waals surface area contributed by atoms with Gasteiger partial charge in [0.25, 0.3) is 5.91 Å². The van der Waals surface area contributed by atoms with Gasteiger partial charge >= 0.3 is 0 Å². The van der Waals surface area contributed by atoms with E-state index in [1.807, 2.05) is 79.1 Å². The summed E-state index contributed by atoms with van der Waals surface area (Å²) in [6.07, 6.45) is 8.16. The Morgan fingerprint density at radius 3 is 2.73 bits per heavy atom. The van der Waals surface area contributed by atoms with Crippen molar-refractivity contribution in [3.8, 4) is 0 Å². The van der Waals surface area contributed by atoms with Gasteiger partial charge < -0.3 is 25.8 Å². The molecule has 0 saturated carbocycles. The van der Waals surface area contributed by atoms with Crippen molar-refractivity contribution in [3.05, 3.63) is 120 Å². The number of hydrogen-bond donors (Lipinski definition) is 5. The lowest BCUT2D eigenvalue weighted by molar-refractivity contribution is -0.137. The fraction of sp³-hybridized carbons (Fsp3) is 0.235. The molecule has 0 saturated heterocycles. The Hall–Kier alpha value is -5.06. The zero-order chi connectivity index (χ0) is 30.7. The third-order valence-electron chi connectivity index (χ3n) is 8.24. The van der Waals surface area contributed by atoms with Crippen LogP contribution in [0.1, 0.15) is 41.6 Å². The summed E-state index contributed by atoms with van der Waals surface area (Å²) in [4.78, 5) is 29.1. The Morgan fingerprint density at radius 1 is 1.11 bits per heavy atom. The Balaban J connectivity index is 1.10. The van der Waals surface area contributed by atoms with Crippen LogP contribution < -0.4 is 10.6 Å². The number of aryl methyl sites for hydroxylation is 1. The number of anilines is 2. The molecule has 224 valence electrons. The molecule has 10 nitrogen and oxygen atoms in total. The lowest BCUT2D eigenvalue weighted by Gasteiger charge is -2.26. The van der Waals surface area contributed by atoms with Crippen LogP contribution in [-0.2, 0) is 28.2 Å². The number of amides is 2. The molecule has 1 aliphatic rings. The molecule has 0 bridgehead atoms. The van der Waals surface area contributed by atoms with Crippen molar-refractivity contribution in [3.63, 3.8) is 0 Å². The number of H-pyrrole nitrogens is 1. The molecular weight excluding hydrogens is 556 g/mol. The average Bonchev–Trinajstić information content (AvgIpc) is 3.73. The molecule has 10 heteroatoms. The van der Waals surface area contributed by atoms with Crippen molar-refractivity contribution in [2.45, 2.75) is 37.8 Å². The smallest absolute Gasteiger partial charge is 0.261 e. The van der Waals surface area contributed by atoms with Crippen molar-refractivity contribution in [2.24, 2.45) is 5.92 Å². The van der Waals surface area contributed by atoms with Gasteiger partial charge in [0.05, 0.1) is 24.6 Å². The largest absolute Gasteiger partial charge is 0.395 e. The molecule has 0 aliphatic carbocycles. The Morgan fingerprint density at radius 2 is 1.91 bits per heavy atom. The molecule has 5 aromatic rings. The van der Waals surface area contributed by atoms with Crippen LogP contribution >= 0.6 is 0 Å². The number of aromatic amines is 1. The number of fused-ring (bicyclic) bond motifs is 2. The molecule has 2 amide bonds. The molecule has 44 heavy (non-hydrogen) atoms. The number of aromatic nitrogens is 4. The van der Waals surface area contributed by atoms with E-state index in [1.165, 1.54) is 0 Å². The number of aliphatic hydroxyl groups excluding tert-OH is 1.